The summed E-state index contributed by atoms with van der Waals surface area (Å²) >= 11 is 6.18. The van der Waals surface area contributed by atoms with Crippen LogP contribution in [0, 0.1) is 0 Å². The standard InChI is InChI=1S/C28H27ClN6O2/c1-33(2)15-25(36)35(4)20-9-7-19(8-10-20)31-27(17-5-12-24-23(13-17)30-16-34(24)3)26-21-11-6-18(29)14-22(21)32-28(26)37/h5-14,16,31H,15H2,1-4H3,(H,32,37). The van der Waals surface area contributed by atoms with E-state index in [1.54, 1.807) is 30.4 Å². The number of nitrogens with one attached hydrogen (secondary N) is 2. The van der Waals surface area contributed by atoms with Gasteiger partial charge in [0.2, 0.25) is 5.91 Å². The molecule has 0 atom stereocenters. The lowest BCUT2D eigenvalue weighted by atomic mass is 9.99. The lowest BCUT2D eigenvalue weighted by molar-refractivity contribution is -0.119. The Morgan fingerprint density at radius 3 is 2.54 bits per heavy atom. The van der Waals surface area contributed by atoms with Crippen LogP contribution in [0.4, 0.5) is 17.1 Å². The topological polar surface area (TPSA) is 82.5 Å². The molecule has 9 heteroatoms. The van der Waals surface area contributed by atoms with Crippen molar-refractivity contribution in [1.29, 1.82) is 0 Å². The Hall–Kier alpha value is -4.14. The van der Waals surface area contributed by atoms with Gasteiger partial charge >= 0.3 is 0 Å². The predicted octanol–water partition coefficient (Wildman–Crippen LogP) is 4.68. The first-order valence-electron chi connectivity index (χ1n) is 11.8. The van der Waals surface area contributed by atoms with Crippen molar-refractivity contribution in [2.45, 2.75) is 0 Å². The number of rotatable bonds is 6. The molecule has 2 N–H and O–H groups in total. The summed E-state index contributed by atoms with van der Waals surface area (Å²) in [6.45, 7) is 0.321. The van der Waals surface area contributed by atoms with Crippen molar-refractivity contribution in [3.05, 3.63) is 83.1 Å². The van der Waals surface area contributed by atoms with Crippen molar-refractivity contribution < 1.29 is 9.59 Å². The van der Waals surface area contributed by atoms with Crippen molar-refractivity contribution >= 4 is 62.8 Å². The average molecular weight is 515 g/mol. The monoisotopic (exact) mass is 514 g/mol. The molecule has 3 aromatic carbocycles. The highest BCUT2D eigenvalue weighted by Gasteiger charge is 2.29. The third-order valence-electron chi connectivity index (χ3n) is 6.34. The maximum atomic E-state index is 13.2. The van der Waals surface area contributed by atoms with Gasteiger partial charge in [-0.1, -0.05) is 23.7 Å². The van der Waals surface area contributed by atoms with Crippen LogP contribution in [0.3, 0.4) is 0 Å². The molecule has 5 rings (SSSR count). The van der Waals surface area contributed by atoms with Crippen LogP contribution in [0.15, 0.2) is 67.0 Å². The van der Waals surface area contributed by atoms with E-state index in [1.807, 2.05) is 79.1 Å². The number of carbonyl (C=O) groups is 2. The van der Waals surface area contributed by atoms with Crippen LogP contribution in [0.1, 0.15) is 11.1 Å². The Labute approximate surface area is 220 Å². The molecule has 0 saturated carbocycles. The van der Waals surface area contributed by atoms with Crippen molar-refractivity contribution in [3.63, 3.8) is 0 Å². The van der Waals surface area contributed by atoms with E-state index in [-0.39, 0.29) is 11.8 Å². The summed E-state index contributed by atoms with van der Waals surface area (Å²) < 4.78 is 1.95. The fourth-order valence-electron chi connectivity index (χ4n) is 4.40. The molecule has 0 saturated heterocycles. The lowest BCUT2D eigenvalue weighted by Crippen LogP contribution is -2.34. The normalized spacial score (nSPS) is 14.1. The molecule has 0 unspecified atom stereocenters. The maximum absolute atomic E-state index is 13.2. The van der Waals surface area contributed by atoms with Crippen LogP contribution in [-0.4, -0.2) is 54.0 Å². The summed E-state index contributed by atoms with van der Waals surface area (Å²) in [5.41, 5.74) is 6.79. The number of aromatic nitrogens is 2. The highest BCUT2D eigenvalue weighted by molar-refractivity contribution is 6.38. The highest BCUT2D eigenvalue weighted by Crippen LogP contribution is 2.39. The molecule has 1 aliphatic heterocycles. The Bertz CT molecular complexity index is 1550. The van der Waals surface area contributed by atoms with Gasteiger partial charge in [-0.05, 0) is 62.6 Å². The summed E-state index contributed by atoms with van der Waals surface area (Å²) in [5.74, 6) is -0.221. The minimum Gasteiger partial charge on any atom is -0.354 e. The van der Waals surface area contributed by atoms with E-state index in [1.165, 1.54) is 0 Å². The Kier molecular flexibility index (Phi) is 6.45. The molecule has 0 spiro atoms. The van der Waals surface area contributed by atoms with E-state index in [9.17, 15) is 9.59 Å². The molecule has 2 heterocycles. The number of halogens is 1. The van der Waals surface area contributed by atoms with Crippen LogP contribution < -0.4 is 15.5 Å². The van der Waals surface area contributed by atoms with Crippen LogP contribution in [0.25, 0.3) is 22.3 Å². The third kappa shape index (κ3) is 4.81. The molecule has 0 bridgehead atoms. The quantitative estimate of drug-likeness (QED) is 0.365. The SMILES string of the molecule is CN(C)CC(=O)N(C)c1ccc(NC(=C2C(=O)Nc3cc(Cl)ccc32)c2ccc3c(c2)ncn3C)cc1. The molecule has 37 heavy (non-hydrogen) atoms. The molecular formula is C28H27ClN6O2. The van der Waals surface area contributed by atoms with E-state index in [2.05, 4.69) is 15.6 Å². The second-order valence-corrected chi connectivity index (χ2v) is 9.75. The van der Waals surface area contributed by atoms with Gasteiger partial charge in [-0.25, -0.2) is 4.98 Å². The van der Waals surface area contributed by atoms with Crippen molar-refractivity contribution in [2.24, 2.45) is 7.05 Å². The van der Waals surface area contributed by atoms with Crippen molar-refractivity contribution in [1.82, 2.24) is 14.5 Å². The van der Waals surface area contributed by atoms with E-state index >= 15 is 0 Å². The molecule has 188 valence electrons. The molecule has 8 nitrogen and oxygen atoms in total. The number of nitrogens with zero attached hydrogens (tertiary/aromatic N) is 4. The van der Waals surface area contributed by atoms with Crippen LogP contribution in [0.2, 0.25) is 5.02 Å². The zero-order valence-electron chi connectivity index (χ0n) is 21.0. The first kappa shape index (κ1) is 24.5. The van der Waals surface area contributed by atoms with Crippen LogP contribution >= 0.6 is 11.6 Å². The minimum atomic E-state index is -0.216. The molecule has 0 fully saturated rings. The number of aryl methyl sites for hydroxylation is 1. The number of likely N-dealkylation sites (N-methyl/N-ethyl adjacent to an activating group) is 2. The Balaban J connectivity index is 1.56. The number of amides is 2. The van der Waals surface area contributed by atoms with Crippen molar-refractivity contribution in [3.8, 4) is 0 Å². The molecule has 0 aliphatic carbocycles. The van der Waals surface area contributed by atoms with Gasteiger partial charge in [0.15, 0.2) is 0 Å². The molecule has 1 aliphatic rings. The molecule has 1 aromatic heterocycles. The Morgan fingerprint density at radius 2 is 1.81 bits per heavy atom. The lowest BCUT2D eigenvalue weighted by Gasteiger charge is -2.20. The fourth-order valence-corrected chi connectivity index (χ4v) is 4.57. The van der Waals surface area contributed by atoms with Gasteiger partial charge < -0.3 is 25.0 Å². The number of anilines is 3. The highest BCUT2D eigenvalue weighted by atomic mass is 35.5. The second kappa shape index (κ2) is 9.72. The first-order valence-corrected chi connectivity index (χ1v) is 12.1. The predicted molar refractivity (Wildman–Crippen MR) is 150 cm³/mol. The van der Waals surface area contributed by atoms with Gasteiger partial charge in [0.05, 0.1) is 40.9 Å². The fraction of sp³-hybridized carbons (Fsp3) is 0.179. The zero-order valence-corrected chi connectivity index (χ0v) is 21.8. The van der Waals surface area contributed by atoms with Gasteiger partial charge in [0.25, 0.3) is 5.91 Å². The van der Waals surface area contributed by atoms with Crippen LogP contribution in [0.5, 0.6) is 0 Å². The summed E-state index contributed by atoms with van der Waals surface area (Å²) in [4.78, 5) is 33.6. The smallest absolute Gasteiger partial charge is 0.258 e. The first-order chi connectivity index (χ1) is 17.7. The minimum absolute atomic E-state index is 0.00456. The average Bonchev–Trinajstić information content (AvgIpc) is 3.40. The van der Waals surface area contributed by atoms with E-state index in [0.717, 1.165) is 33.5 Å². The van der Waals surface area contributed by atoms with Gasteiger partial charge in [-0.2, -0.15) is 0 Å². The van der Waals surface area contributed by atoms with Crippen LogP contribution in [-0.2, 0) is 16.6 Å². The van der Waals surface area contributed by atoms with Gasteiger partial charge in [-0.3, -0.25) is 9.59 Å². The number of fused-ring (bicyclic) bond motifs is 2. The molecule has 0 radical (unpaired) electrons. The number of benzene rings is 3. The maximum Gasteiger partial charge on any atom is 0.258 e. The summed E-state index contributed by atoms with van der Waals surface area (Å²) in [7, 11) is 7.43. The summed E-state index contributed by atoms with van der Waals surface area (Å²) in [5, 5.41) is 6.94. The number of imidazole rings is 1. The number of hydrogen-bond donors (Lipinski definition) is 2. The largest absolute Gasteiger partial charge is 0.354 e. The molecule has 2 amide bonds. The summed E-state index contributed by atoms with van der Waals surface area (Å²) in [6, 6.07) is 18.8. The number of carbonyl (C=O) groups excluding carboxylic acids is 2. The third-order valence-corrected chi connectivity index (χ3v) is 6.57. The second-order valence-electron chi connectivity index (χ2n) is 9.32. The van der Waals surface area contributed by atoms with E-state index in [0.29, 0.717) is 28.5 Å². The summed E-state index contributed by atoms with van der Waals surface area (Å²) in [6.07, 6.45) is 1.76. The molecular weight excluding hydrogens is 488 g/mol. The van der Waals surface area contributed by atoms with E-state index < -0.39 is 0 Å². The van der Waals surface area contributed by atoms with Gasteiger partial charge in [-0.15, -0.1) is 0 Å². The zero-order chi connectivity index (χ0) is 26.3. The molecule has 4 aromatic rings. The van der Waals surface area contributed by atoms with Gasteiger partial charge in [0, 0.05) is 41.6 Å². The van der Waals surface area contributed by atoms with E-state index in [4.69, 9.17) is 11.6 Å². The number of hydrogen-bond acceptors (Lipinski definition) is 5. The van der Waals surface area contributed by atoms with Crippen molar-refractivity contribution in [2.75, 3.05) is 43.2 Å². The van der Waals surface area contributed by atoms with Gasteiger partial charge in [0.1, 0.15) is 0 Å². The Morgan fingerprint density at radius 1 is 1.05 bits per heavy atom.